The molecule has 0 aliphatic rings. The second kappa shape index (κ2) is 13.3. The fourth-order valence-corrected chi connectivity index (χ4v) is 9.11. The zero-order valence-electron chi connectivity index (χ0n) is 31.9. The third kappa shape index (κ3) is 5.34. The lowest BCUT2D eigenvalue weighted by molar-refractivity contribution is 1.08. The molecular formula is C55H34N4. The van der Waals surface area contributed by atoms with E-state index in [2.05, 4.69) is 193 Å². The molecule has 0 unspecified atom stereocenters. The molecule has 0 saturated carbocycles. The highest BCUT2D eigenvalue weighted by Crippen LogP contribution is 2.45. The maximum atomic E-state index is 5.46. The first kappa shape index (κ1) is 33.2. The highest BCUT2D eigenvalue weighted by molar-refractivity contribution is 6.17. The van der Waals surface area contributed by atoms with Gasteiger partial charge in [0.05, 0.1) is 16.7 Å². The first-order valence-corrected chi connectivity index (χ1v) is 20.0. The van der Waals surface area contributed by atoms with Crippen molar-refractivity contribution in [1.29, 1.82) is 0 Å². The van der Waals surface area contributed by atoms with Crippen LogP contribution in [0.3, 0.4) is 0 Å². The number of para-hydroxylation sites is 1. The molecule has 0 spiro atoms. The van der Waals surface area contributed by atoms with Crippen LogP contribution in [0, 0.1) is 0 Å². The van der Waals surface area contributed by atoms with Gasteiger partial charge in [-0.2, -0.15) is 0 Å². The molecule has 0 fully saturated rings. The van der Waals surface area contributed by atoms with E-state index in [1.165, 1.54) is 26.9 Å². The Balaban J connectivity index is 1.24. The lowest BCUT2D eigenvalue weighted by atomic mass is 9.89. The Morgan fingerprint density at radius 1 is 0.288 bits per heavy atom. The number of rotatable bonds is 5. The molecule has 0 aliphatic carbocycles. The normalized spacial score (nSPS) is 11.7. The van der Waals surface area contributed by atoms with Crippen molar-refractivity contribution in [2.45, 2.75) is 0 Å². The minimum atomic E-state index is 0.626. The molecule has 2 aromatic heterocycles. The first-order valence-electron chi connectivity index (χ1n) is 20.0. The fourth-order valence-electron chi connectivity index (χ4n) is 9.11. The maximum Gasteiger partial charge on any atom is 0.165 e. The van der Waals surface area contributed by atoms with Crippen LogP contribution in [0.5, 0.6) is 0 Å². The second-order valence-corrected chi connectivity index (χ2v) is 15.2. The van der Waals surface area contributed by atoms with E-state index in [4.69, 9.17) is 15.0 Å². The summed E-state index contributed by atoms with van der Waals surface area (Å²) in [7, 11) is 0. The van der Waals surface area contributed by atoms with E-state index in [0.717, 1.165) is 71.5 Å². The summed E-state index contributed by atoms with van der Waals surface area (Å²) in [6.45, 7) is 0. The van der Waals surface area contributed by atoms with Crippen LogP contribution in [-0.2, 0) is 0 Å². The summed E-state index contributed by atoms with van der Waals surface area (Å²) in [6.07, 6.45) is 0. The molecule has 59 heavy (non-hydrogen) atoms. The standard InChI is InChI=1S/C55H34N4/c1-2-18-37(19-3-1)53-56-54(46-30-15-23-36-17-7-9-25-41(36)46)58-55(57-53)52-45-28-11-10-26-43(45)51(34-48(52)42-29-14-22-35-16-6-8-24-40(35)42)59-49-31-13-12-27-44(49)47-32-38-20-4-5-21-39(38)33-50(47)59/h1-34H. The van der Waals surface area contributed by atoms with Gasteiger partial charge in [0, 0.05) is 32.8 Å². The third-order valence-corrected chi connectivity index (χ3v) is 11.8. The summed E-state index contributed by atoms with van der Waals surface area (Å²) in [4.78, 5) is 16.1. The van der Waals surface area contributed by atoms with Gasteiger partial charge in [0.15, 0.2) is 17.5 Å². The maximum absolute atomic E-state index is 5.46. The SMILES string of the molecule is c1ccc(-c2nc(-c3cccc4ccccc34)nc(-c3c(-c4cccc5ccccc45)cc(-n4c5ccccc5c5cc6ccccc6cc54)c4ccccc34)n2)cc1. The molecule has 2 heterocycles. The molecular weight excluding hydrogens is 717 g/mol. The van der Waals surface area contributed by atoms with Gasteiger partial charge < -0.3 is 4.57 Å². The van der Waals surface area contributed by atoms with E-state index >= 15 is 0 Å². The Hall–Kier alpha value is -7.95. The lowest BCUT2D eigenvalue weighted by Gasteiger charge is -2.20. The van der Waals surface area contributed by atoms with Gasteiger partial charge in [0.25, 0.3) is 0 Å². The summed E-state index contributed by atoms with van der Waals surface area (Å²) in [5.74, 6) is 1.89. The summed E-state index contributed by atoms with van der Waals surface area (Å²) in [6, 6.07) is 73.5. The van der Waals surface area contributed by atoms with Gasteiger partial charge in [-0.3, -0.25) is 0 Å². The largest absolute Gasteiger partial charge is 0.309 e. The van der Waals surface area contributed by atoms with Crippen molar-refractivity contribution in [3.05, 3.63) is 206 Å². The Bertz CT molecular complexity index is 3610. The molecule has 4 heteroatoms. The highest BCUT2D eigenvalue weighted by atomic mass is 15.0. The zero-order chi connectivity index (χ0) is 38.9. The molecule has 0 saturated heterocycles. The van der Waals surface area contributed by atoms with E-state index in [1.54, 1.807) is 0 Å². The van der Waals surface area contributed by atoms with Gasteiger partial charge in [0.1, 0.15) is 0 Å². The van der Waals surface area contributed by atoms with E-state index in [-0.39, 0.29) is 0 Å². The number of fused-ring (bicyclic) bond motifs is 7. The summed E-state index contributed by atoms with van der Waals surface area (Å²) >= 11 is 0. The van der Waals surface area contributed by atoms with Crippen LogP contribution >= 0.6 is 0 Å². The van der Waals surface area contributed by atoms with Gasteiger partial charge in [-0.05, 0) is 73.1 Å². The van der Waals surface area contributed by atoms with Crippen LogP contribution in [-0.4, -0.2) is 19.5 Å². The Kier molecular flexibility index (Phi) is 7.50. The van der Waals surface area contributed by atoms with E-state index in [1.807, 2.05) is 18.2 Å². The molecule has 0 bridgehead atoms. The first-order chi connectivity index (χ1) is 29.3. The van der Waals surface area contributed by atoms with E-state index < -0.39 is 0 Å². The van der Waals surface area contributed by atoms with Crippen molar-refractivity contribution in [3.63, 3.8) is 0 Å². The average molecular weight is 751 g/mol. The lowest BCUT2D eigenvalue weighted by Crippen LogP contribution is -2.04. The highest BCUT2D eigenvalue weighted by Gasteiger charge is 2.24. The molecule has 10 aromatic carbocycles. The van der Waals surface area contributed by atoms with Crippen LogP contribution in [0.15, 0.2) is 206 Å². The van der Waals surface area contributed by atoms with E-state index in [9.17, 15) is 0 Å². The van der Waals surface area contributed by atoms with Crippen molar-refractivity contribution in [3.8, 4) is 51.0 Å². The summed E-state index contributed by atoms with van der Waals surface area (Å²) in [5.41, 5.74) is 8.45. The summed E-state index contributed by atoms with van der Waals surface area (Å²) < 4.78 is 2.46. The molecule has 0 aliphatic heterocycles. The molecule has 274 valence electrons. The smallest absolute Gasteiger partial charge is 0.165 e. The quantitative estimate of drug-likeness (QED) is 0.176. The van der Waals surface area contributed by atoms with Crippen LogP contribution in [0.2, 0.25) is 0 Å². The third-order valence-electron chi connectivity index (χ3n) is 11.8. The number of hydrogen-bond acceptors (Lipinski definition) is 3. The van der Waals surface area contributed by atoms with Gasteiger partial charge in [-0.15, -0.1) is 0 Å². The Morgan fingerprint density at radius 2 is 0.814 bits per heavy atom. The van der Waals surface area contributed by atoms with Crippen molar-refractivity contribution in [2.24, 2.45) is 0 Å². The Morgan fingerprint density at radius 3 is 1.56 bits per heavy atom. The van der Waals surface area contributed by atoms with E-state index in [0.29, 0.717) is 17.5 Å². The number of hydrogen-bond donors (Lipinski definition) is 0. The summed E-state index contributed by atoms with van der Waals surface area (Å²) in [5, 5.41) is 11.6. The van der Waals surface area contributed by atoms with Gasteiger partial charge in [0.2, 0.25) is 0 Å². The van der Waals surface area contributed by atoms with Crippen molar-refractivity contribution >= 4 is 64.9 Å². The Labute approximate surface area is 340 Å². The topological polar surface area (TPSA) is 43.6 Å². The molecule has 4 nitrogen and oxygen atoms in total. The molecule has 12 rings (SSSR count). The zero-order valence-corrected chi connectivity index (χ0v) is 31.9. The average Bonchev–Trinajstić information content (AvgIpc) is 3.62. The molecule has 0 amide bonds. The molecule has 12 aromatic rings. The molecule has 0 radical (unpaired) electrons. The number of benzene rings is 10. The van der Waals surface area contributed by atoms with Crippen LogP contribution < -0.4 is 0 Å². The number of nitrogens with zero attached hydrogens (tertiary/aromatic N) is 4. The molecule has 0 N–H and O–H groups in total. The van der Waals surface area contributed by atoms with Crippen molar-refractivity contribution < 1.29 is 0 Å². The minimum Gasteiger partial charge on any atom is -0.309 e. The van der Waals surface area contributed by atoms with Crippen molar-refractivity contribution in [1.82, 2.24) is 19.5 Å². The fraction of sp³-hybridized carbons (Fsp3) is 0. The van der Waals surface area contributed by atoms with Gasteiger partial charge in [-0.1, -0.05) is 182 Å². The minimum absolute atomic E-state index is 0.626. The number of aromatic nitrogens is 4. The van der Waals surface area contributed by atoms with Crippen molar-refractivity contribution in [2.75, 3.05) is 0 Å². The van der Waals surface area contributed by atoms with Crippen LogP contribution in [0.1, 0.15) is 0 Å². The van der Waals surface area contributed by atoms with Gasteiger partial charge >= 0.3 is 0 Å². The van der Waals surface area contributed by atoms with Crippen LogP contribution in [0.4, 0.5) is 0 Å². The predicted octanol–water partition coefficient (Wildman–Crippen LogP) is 14.2. The van der Waals surface area contributed by atoms with Gasteiger partial charge in [-0.25, -0.2) is 15.0 Å². The van der Waals surface area contributed by atoms with Crippen LogP contribution in [0.25, 0.3) is 116 Å². The predicted molar refractivity (Wildman–Crippen MR) is 246 cm³/mol. The second-order valence-electron chi connectivity index (χ2n) is 15.2. The molecule has 0 atom stereocenters. The monoisotopic (exact) mass is 750 g/mol.